The van der Waals surface area contributed by atoms with Crippen LogP contribution in [0.1, 0.15) is 18.5 Å². The summed E-state index contributed by atoms with van der Waals surface area (Å²) in [7, 11) is 0. The van der Waals surface area contributed by atoms with E-state index in [-0.39, 0.29) is 6.04 Å². The van der Waals surface area contributed by atoms with Gasteiger partial charge in [0.15, 0.2) is 0 Å². The average Bonchev–Trinajstić information content (AvgIpc) is 3.32. The van der Waals surface area contributed by atoms with Crippen LogP contribution in [0.2, 0.25) is 0 Å². The van der Waals surface area contributed by atoms with E-state index in [0.29, 0.717) is 5.95 Å². The highest BCUT2D eigenvalue weighted by Crippen LogP contribution is 2.31. The van der Waals surface area contributed by atoms with E-state index in [2.05, 4.69) is 95.0 Å². The lowest BCUT2D eigenvalue weighted by Crippen LogP contribution is -2.10. The second kappa shape index (κ2) is 8.45. The molecule has 0 spiro atoms. The van der Waals surface area contributed by atoms with Crippen LogP contribution >= 0.6 is 0 Å². The van der Waals surface area contributed by atoms with Crippen molar-refractivity contribution in [3.05, 3.63) is 115 Å². The Morgan fingerprint density at radius 2 is 1.62 bits per heavy atom. The van der Waals surface area contributed by atoms with Crippen LogP contribution in [0, 0.1) is 0 Å². The Bertz CT molecular complexity index is 1600. The largest absolute Gasteiger partial charge is 0.348 e. The summed E-state index contributed by atoms with van der Waals surface area (Å²) >= 11 is 0. The third kappa shape index (κ3) is 3.67. The number of hydrogen-bond acceptors (Lipinski definition) is 4. The van der Waals surface area contributed by atoms with Crippen molar-refractivity contribution < 1.29 is 0 Å². The van der Waals surface area contributed by atoms with E-state index in [4.69, 9.17) is 4.98 Å². The lowest BCUT2D eigenvalue weighted by atomic mass is 9.98. The highest BCUT2D eigenvalue weighted by molar-refractivity contribution is 5.98. The number of nitrogens with zero attached hydrogens (tertiary/aromatic N) is 4. The molecule has 6 aromatic rings. The monoisotopic (exact) mass is 441 g/mol. The topological polar surface area (TPSA) is 55.6 Å². The van der Waals surface area contributed by atoms with E-state index < -0.39 is 0 Å². The van der Waals surface area contributed by atoms with E-state index in [9.17, 15) is 0 Å². The normalized spacial score (nSPS) is 12.1. The van der Waals surface area contributed by atoms with Gasteiger partial charge in [-0.15, -0.1) is 0 Å². The molecule has 1 atom stereocenters. The molecule has 2 heterocycles. The molecule has 0 saturated heterocycles. The molecule has 0 radical (unpaired) electrons. The molecule has 0 aliphatic carbocycles. The summed E-state index contributed by atoms with van der Waals surface area (Å²) in [5.74, 6) is 1.36. The van der Waals surface area contributed by atoms with Crippen LogP contribution in [0.15, 0.2) is 110 Å². The third-order valence-corrected chi connectivity index (χ3v) is 6.18. The fourth-order valence-corrected chi connectivity index (χ4v) is 4.41. The quantitative estimate of drug-likeness (QED) is 0.319. The van der Waals surface area contributed by atoms with Crippen LogP contribution < -0.4 is 5.32 Å². The minimum atomic E-state index is 0.0965. The zero-order valence-electron chi connectivity index (χ0n) is 18.8. The molecule has 2 aromatic heterocycles. The summed E-state index contributed by atoms with van der Waals surface area (Å²) in [6.07, 6.45) is 3.60. The van der Waals surface area contributed by atoms with Crippen molar-refractivity contribution in [1.29, 1.82) is 0 Å². The molecule has 0 fully saturated rings. The molecule has 0 amide bonds. The van der Waals surface area contributed by atoms with Crippen molar-refractivity contribution >= 4 is 27.8 Å². The molecule has 0 unspecified atom stereocenters. The molecular formula is C29H23N5. The predicted molar refractivity (Wildman–Crippen MR) is 138 cm³/mol. The standard InChI is InChI=1S/C29H23N5/c1-20(21-8-3-2-4-9-21)32-29-30-17-16-28(33-29)34-19-31-26-18-23(14-15-27(26)34)25-13-7-11-22-10-5-6-12-24(22)25/h2-20H,1H3,(H,30,32,33)/t20-/m0/s1. The Kier molecular flexibility index (Phi) is 5.00. The molecule has 0 bridgehead atoms. The Balaban J connectivity index is 1.34. The van der Waals surface area contributed by atoms with E-state index >= 15 is 0 Å². The van der Waals surface area contributed by atoms with E-state index in [0.717, 1.165) is 22.4 Å². The van der Waals surface area contributed by atoms with Crippen LogP contribution in [-0.4, -0.2) is 19.5 Å². The number of nitrogens with one attached hydrogen (secondary N) is 1. The molecular weight excluding hydrogens is 418 g/mol. The van der Waals surface area contributed by atoms with Gasteiger partial charge in [0.2, 0.25) is 5.95 Å². The number of aromatic nitrogens is 4. The summed E-state index contributed by atoms with van der Waals surface area (Å²) < 4.78 is 2.00. The van der Waals surface area contributed by atoms with Gasteiger partial charge in [-0.1, -0.05) is 78.9 Å². The predicted octanol–water partition coefficient (Wildman–Crippen LogP) is 6.81. The number of anilines is 1. The maximum atomic E-state index is 4.75. The molecule has 0 aliphatic heterocycles. The lowest BCUT2D eigenvalue weighted by Gasteiger charge is -2.14. The number of benzene rings is 4. The minimum absolute atomic E-state index is 0.0965. The van der Waals surface area contributed by atoms with Crippen molar-refractivity contribution in [3.8, 4) is 16.9 Å². The van der Waals surface area contributed by atoms with Crippen molar-refractivity contribution in [2.45, 2.75) is 13.0 Å². The van der Waals surface area contributed by atoms with Gasteiger partial charge in [0, 0.05) is 6.20 Å². The highest BCUT2D eigenvalue weighted by atomic mass is 15.2. The minimum Gasteiger partial charge on any atom is -0.348 e. The maximum Gasteiger partial charge on any atom is 0.225 e. The van der Waals surface area contributed by atoms with E-state index in [1.165, 1.54) is 21.9 Å². The van der Waals surface area contributed by atoms with Gasteiger partial charge in [0.05, 0.1) is 17.1 Å². The van der Waals surface area contributed by atoms with Crippen LogP contribution in [0.4, 0.5) is 5.95 Å². The Hall–Kier alpha value is -4.51. The highest BCUT2D eigenvalue weighted by Gasteiger charge is 2.11. The van der Waals surface area contributed by atoms with Crippen molar-refractivity contribution in [1.82, 2.24) is 19.5 Å². The van der Waals surface area contributed by atoms with Crippen LogP contribution in [-0.2, 0) is 0 Å². The smallest absolute Gasteiger partial charge is 0.225 e. The van der Waals surface area contributed by atoms with Crippen LogP contribution in [0.25, 0.3) is 38.8 Å². The lowest BCUT2D eigenvalue weighted by molar-refractivity contribution is 0.854. The Morgan fingerprint density at radius 1 is 0.794 bits per heavy atom. The van der Waals surface area contributed by atoms with Gasteiger partial charge in [-0.3, -0.25) is 4.57 Å². The van der Waals surface area contributed by atoms with E-state index in [1.807, 2.05) is 35.2 Å². The maximum absolute atomic E-state index is 4.75. The van der Waals surface area contributed by atoms with Crippen LogP contribution in [0.5, 0.6) is 0 Å². The molecule has 4 aromatic carbocycles. The fraction of sp³-hybridized carbons (Fsp3) is 0.0690. The second-order valence-electron chi connectivity index (χ2n) is 8.36. The summed E-state index contributed by atoms with van der Waals surface area (Å²) in [6, 6.07) is 33.6. The number of imidazole rings is 1. The average molecular weight is 442 g/mol. The fourth-order valence-electron chi connectivity index (χ4n) is 4.41. The molecule has 34 heavy (non-hydrogen) atoms. The first-order valence-electron chi connectivity index (χ1n) is 11.4. The van der Waals surface area contributed by atoms with Gasteiger partial charge >= 0.3 is 0 Å². The van der Waals surface area contributed by atoms with Gasteiger partial charge < -0.3 is 5.32 Å². The Labute approximate surface area is 197 Å². The first kappa shape index (κ1) is 20.1. The zero-order valence-corrected chi connectivity index (χ0v) is 18.8. The molecule has 0 saturated carbocycles. The van der Waals surface area contributed by atoms with Crippen molar-refractivity contribution in [2.24, 2.45) is 0 Å². The van der Waals surface area contributed by atoms with Gasteiger partial charge in [-0.25, -0.2) is 9.97 Å². The first-order chi connectivity index (χ1) is 16.8. The van der Waals surface area contributed by atoms with Gasteiger partial charge in [0.1, 0.15) is 12.1 Å². The molecule has 5 nitrogen and oxygen atoms in total. The van der Waals surface area contributed by atoms with Crippen molar-refractivity contribution in [2.75, 3.05) is 5.32 Å². The molecule has 6 rings (SSSR count). The van der Waals surface area contributed by atoms with Gasteiger partial charge in [0.25, 0.3) is 0 Å². The molecule has 164 valence electrons. The molecule has 0 aliphatic rings. The SMILES string of the molecule is C[C@H](Nc1nccc(-n2cnc3cc(-c4cccc5ccccc45)ccc32)n1)c1ccccc1. The van der Waals surface area contributed by atoms with Crippen LogP contribution in [0.3, 0.4) is 0 Å². The van der Waals surface area contributed by atoms with Crippen molar-refractivity contribution in [3.63, 3.8) is 0 Å². The van der Waals surface area contributed by atoms with Gasteiger partial charge in [-0.05, 0) is 52.6 Å². The Morgan fingerprint density at radius 3 is 2.53 bits per heavy atom. The summed E-state index contributed by atoms with van der Waals surface area (Å²) in [4.78, 5) is 13.9. The van der Waals surface area contributed by atoms with E-state index in [1.54, 1.807) is 6.20 Å². The molecule has 1 N–H and O–H groups in total. The summed E-state index contributed by atoms with van der Waals surface area (Å²) in [5, 5.41) is 5.87. The third-order valence-electron chi connectivity index (χ3n) is 6.18. The first-order valence-corrected chi connectivity index (χ1v) is 11.4. The summed E-state index contributed by atoms with van der Waals surface area (Å²) in [5.41, 5.74) is 5.47. The zero-order chi connectivity index (χ0) is 22.9. The summed E-state index contributed by atoms with van der Waals surface area (Å²) in [6.45, 7) is 2.10. The number of hydrogen-bond donors (Lipinski definition) is 1. The van der Waals surface area contributed by atoms with Gasteiger partial charge in [-0.2, -0.15) is 4.98 Å². The number of rotatable bonds is 5. The molecule has 5 heteroatoms. The number of fused-ring (bicyclic) bond motifs is 2. The second-order valence-corrected chi connectivity index (χ2v) is 8.36.